The van der Waals surface area contributed by atoms with Gasteiger partial charge in [0.05, 0.1) is 29.2 Å². The molecule has 0 fully saturated rings. The first-order valence-corrected chi connectivity index (χ1v) is 11.9. The number of hydrogen-bond donors (Lipinski definition) is 1. The average molecular weight is 446 g/mol. The molecule has 0 radical (unpaired) electrons. The number of hydrogen-bond acceptors (Lipinski definition) is 5. The van der Waals surface area contributed by atoms with Gasteiger partial charge in [0.2, 0.25) is 10.0 Å². The van der Waals surface area contributed by atoms with Crippen LogP contribution in [0.15, 0.2) is 48.5 Å². The van der Waals surface area contributed by atoms with Crippen molar-refractivity contribution < 1.29 is 22.7 Å². The Morgan fingerprint density at radius 1 is 1.06 bits per heavy atom. The zero-order valence-electron chi connectivity index (χ0n) is 17.9. The molecule has 0 aromatic heterocycles. The molecule has 2 aromatic rings. The summed E-state index contributed by atoms with van der Waals surface area (Å²) in [6.45, 7) is 6.27. The molecular weight excluding hydrogens is 418 g/mol. The topological polar surface area (TPSA) is 96.0 Å². The number of carbonyl (C=O) groups is 2. The predicted octanol–water partition coefficient (Wildman–Crippen LogP) is 2.72. The third kappa shape index (κ3) is 4.66. The summed E-state index contributed by atoms with van der Waals surface area (Å²) in [7, 11) is -3.60. The van der Waals surface area contributed by atoms with Crippen molar-refractivity contribution in [1.82, 2.24) is 4.90 Å². The van der Waals surface area contributed by atoms with Gasteiger partial charge >= 0.3 is 0 Å². The van der Waals surface area contributed by atoms with Gasteiger partial charge in [-0.1, -0.05) is 24.3 Å². The maximum absolute atomic E-state index is 13.0. The van der Waals surface area contributed by atoms with Crippen LogP contribution in [0.25, 0.3) is 0 Å². The molecule has 1 aliphatic rings. The van der Waals surface area contributed by atoms with Gasteiger partial charge in [-0.3, -0.25) is 13.9 Å². The molecule has 31 heavy (non-hydrogen) atoms. The molecule has 8 nitrogen and oxygen atoms in total. The van der Waals surface area contributed by atoms with Crippen molar-refractivity contribution in [2.24, 2.45) is 0 Å². The zero-order valence-corrected chi connectivity index (χ0v) is 18.7. The summed E-state index contributed by atoms with van der Waals surface area (Å²) in [5, 5.41) is 2.75. The van der Waals surface area contributed by atoms with E-state index in [0.717, 1.165) is 0 Å². The van der Waals surface area contributed by atoms with Crippen molar-refractivity contribution in [2.45, 2.75) is 26.9 Å². The molecule has 0 aliphatic carbocycles. The lowest BCUT2D eigenvalue weighted by molar-refractivity contribution is -0.122. The van der Waals surface area contributed by atoms with Crippen LogP contribution in [-0.2, 0) is 14.8 Å². The average Bonchev–Trinajstić information content (AvgIpc) is 2.79. The first-order chi connectivity index (χ1) is 14.8. The summed E-state index contributed by atoms with van der Waals surface area (Å²) in [5.74, 6) is -0.494. The highest BCUT2D eigenvalue weighted by Gasteiger charge is 2.36. The number of sulfonamides is 1. The number of rotatable bonds is 7. The number of ether oxygens (including phenoxy) is 1. The van der Waals surface area contributed by atoms with E-state index < -0.39 is 22.0 Å². The van der Waals surface area contributed by atoms with Gasteiger partial charge in [0.15, 0.2) is 6.10 Å². The van der Waals surface area contributed by atoms with Crippen LogP contribution in [-0.4, -0.2) is 56.6 Å². The fourth-order valence-corrected chi connectivity index (χ4v) is 4.56. The Kier molecular flexibility index (Phi) is 6.84. The summed E-state index contributed by atoms with van der Waals surface area (Å²) < 4.78 is 32.3. The lowest BCUT2D eigenvalue weighted by Gasteiger charge is -2.34. The third-order valence-corrected chi connectivity index (χ3v) is 6.94. The first kappa shape index (κ1) is 22.6. The second kappa shape index (κ2) is 9.38. The molecule has 1 heterocycles. The fraction of sp³-hybridized carbons (Fsp3) is 0.364. The number of carbonyl (C=O) groups excluding carboxylic acids is 2. The number of para-hydroxylation sites is 3. The summed E-state index contributed by atoms with van der Waals surface area (Å²) in [6.07, 6.45) is -1.06. The molecule has 2 aromatic carbocycles. The zero-order chi connectivity index (χ0) is 22.6. The maximum Gasteiger partial charge on any atom is 0.267 e. The smallest absolute Gasteiger partial charge is 0.267 e. The summed E-state index contributed by atoms with van der Waals surface area (Å²) in [6, 6.07) is 13.5. The second-order valence-electron chi connectivity index (χ2n) is 7.02. The van der Waals surface area contributed by atoms with Crippen LogP contribution in [0.3, 0.4) is 0 Å². The van der Waals surface area contributed by atoms with Crippen molar-refractivity contribution in [2.75, 3.05) is 35.0 Å². The molecule has 3 rings (SSSR count). The number of fused-ring (bicyclic) bond motifs is 1. The number of anilines is 2. The largest absolute Gasteiger partial charge is 0.476 e. The van der Waals surface area contributed by atoms with E-state index in [1.807, 2.05) is 13.8 Å². The molecule has 2 amide bonds. The Morgan fingerprint density at radius 2 is 1.71 bits per heavy atom. The molecule has 1 aliphatic heterocycles. The van der Waals surface area contributed by atoms with Crippen molar-refractivity contribution in [1.29, 1.82) is 0 Å². The van der Waals surface area contributed by atoms with E-state index in [1.54, 1.807) is 60.4 Å². The Labute approximate surface area is 182 Å². The molecule has 166 valence electrons. The van der Waals surface area contributed by atoms with Gasteiger partial charge in [0.1, 0.15) is 5.75 Å². The Bertz CT molecular complexity index is 1070. The molecule has 0 bridgehead atoms. The summed E-state index contributed by atoms with van der Waals surface area (Å²) in [4.78, 5) is 27.5. The highest BCUT2D eigenvalue weighted by atomic mass is 32.2. The minimum atomic E-state index is -3.60. The van der Waals surface area contributed by atoms with E-state index >= 15 is 0 Å². The molecule has 0 saturated heterocycles. The highest BCUT2D eigenvalue weighted by molar-refractivity contribution is 7.92. The van der Waals surface area contributed by atoms with Crippen LogP contribution >= 0.6 is 0 Å². The van der Waals surface area contributed by atoms with E-state index in [2.05, 4.69) is 5.32 Å². The highest BCUT2D eigenvalue weighted by Crippen LogP contribution is 2.35. The SMILES string of the molecule is CCN(CC)C(=O)c1ccccc1NC(=O)C1CN(S(=O)(=O)CC)c2ccccc2O1. The second-order valence-corrected chi connectivity index (χ2v) is 9.20. The first-order valence-electron chi connectivity index (χ1n) is 10.3. The van der Waals surface area contributed by atoms with Gasteiger partial charge < -0.3 is 15.0 Å². The lowest BCUT2D eigenvalue weighted by atomic mass is 10.1. The van der Waals surface area contributed by atoms with Crippen molar-refractivity contribution in [3.05, 3.63) is 54.1 Å². The third-order valence-electron chi connectivity index (χ3n) is 5.19. The molecule has 1 unspecified atom stereocenters. The van der Waals surface area contributed by atoms with E-state index in [0.29, 0.717) is 35.8 Å². The number of benzene rings is 2. The van der Waals surface area contributed by atoms with Crippen LogP contribution in [0.5, 0.6) is 5.75 Å². The summed E-state index contributed by atoms with van der Waals surface area (Å²) >= 11 is 0. The molecule has 0 spiro atoms. The van der Waals surface area contributed by atoms with Gasteiger partial charge in [-0.05, 0) is 45.0 Å². The summed E-state index contributed by atoms with van der Waals surface area (Å²) in [5.41, 5.74) is 1.14. The molecule has 1 atom stereocenters. The van der Waals surface area contributed by atoms with Crippen LogP contribution in [0.1, 0.15) is 31.1 Å². The van der Waals surface area contributed by atoms with Gasteiger partial charge in [-0.15, -0.1) is 0 Å². The Balaban J connectivity index is 1.88. The number of nitrogens with one attached hydrogen (secondary N) is 1. The fourth-order valence-electron chi connectivity index (χ4n) is 3.43. The monoisotopic (exact) mass is 445 g/mol. The van der Waals surface area contributed by atoms with Crippen LogP contribution in [0.2, 0.25) is 0 Å². The van der Waals surface area contributed by atoms with Gasteiger partial charge in [-0.2, -0.15) is 0 Å². The van der Waals surface area contributed by atoms with Crippen LogP contribution < -0.4 is 14.4 Å². The Morgan fingerprint density at radius 3 is 2.39 bits per heavy atom. The Hall–Kier alpha value is -3.07. The van der Waals surface area contributed by atoms with Gasteiger partial charge in [0.25, 0.3) is 11.8 Å². The standard InChI is InChI=1S/C22H27N3O5S/c1-4-24(5-2)22(27)16-11-7-8-12-17(16)23-21(26)20-15-25(31(28,29)6-3)18-13-9-10-14-19(18)30-20/h7-14,20H,4-6,15H2,1-3H3,(H,23,26). The maximum atomic E-state index is 13.0. The van der Waals surface area contributed by atoms with Gasteiger partial charge in [-0.25, -0.2) is 8.42 Å². The normalized spacial score (nSPS) is 15.6. The van der Waals surface area contributed by atoms with E-state index in [-0.39, 0.29) is 18.2 Å². The van der Waals surface area contributed by atoms with E-state index in [9.17, 15) is 18.0 Å². The number of amides is 2. The van der Waals surface area contributed by atoms with Crippen LogP contribution in [0.4, 0.5) is 11.4 Å². The lowest BCUT2D eigenvalue weighted by Crippen LogP contribution is -2.49. The van der Waals surface area contributed by atoms with E-state index in [4.69, 9.17) is 4.74 Å². The van der Waals surface area contributed by atoms with Crippen molar-refractivity contribution >= 4 is 33.2 Å². The minimum Gasteiger partial charge on any atom is -0.476 e. The van der Waals surface area contributed by atoms with Crippen molar-refractivity contribution in [3.63, 3.8) is 0 Å². The van der Waals surface area contributed by atoms with Crippen molar-refractivity contribution in [3.8, 4) is 5.75 Å². The molecule has 9 heteroatoms. The molecule has 0 saturated carbocycles. The van der Waals surface area contributed by atoms with Gasteiger partial charge in [0, 0.05) is 13.1 Å². The molecule has 1 N–H and O–H groups in total. The minimum absolute atomic E-state index is 0.100. The van der Waals surface area contributed by atoms with Crippen LogP contribution in [0, 0.1) is 0 Å². The molecular formula is C22H27N3O5S. The quantitative estimate of drug-likeness (QED) is 0.707. The van der Waals surface area contributed by atoms with E-state index in [1.165, 1.54) is 4.31 Å². The number of nitrogens with zero attached hydrogens (tertiary/aromatic N) is 2. The predicted molar refractivity (Wildman–Crippen MR) is 120 cm³/mol.